The van der Waals surface area contributed by atoms with Crippen molar-refractivity contribution in [2.75, 3.05) is 18.4 Å². The number of anilines is 1. The van der Waals surface area contributed by atoms with Crippen LogP contribution in [0, 0.1) is 18.7 Å². The molecule has 2 aromatic heterocycles. The van der Waals surface area contributed by atoms with Crippen LogP contribution in [0.25, 0.3) is 10.4 Å². The Morgan fingerprint density at radius 3 is 2.87 bits per heavy atom. The molecule has 0 spiro atoms. The van der Waals surface area contributed by atoms with Crippen LogP contribution in [0.4, 0.5) is 10.2 Å². The molecule has 1 aliphatic carbocycles. The summed E-state index contributed by atoms with van der Waals surface area (Å²) in [6, 6.07) is 12.7. The lowest BCUT2D eigenvalue weighted by molar-refractivity contribution is -0.0489. The van der Waals surface area contributed by atoms with E-state index in [9.17, 15) is 9.18 Å². The van der Waals surface area contributed by atoms with Gasteiger partial charge in [0.05, 0.1) is 15.4 Å². The second kappa shape index (κ2) is 7.47. The molecule has 3 aromatic rings. The molecule has 3 aliphatic rings. The van der Waals surface area contributed by atoms with Crippen LogP contribution in [-0.2, 0) is 0 Å². The van der Waals surface area contributed by atoms with Gasteiger partial charge in [0.25, 0.3) is 5.91 Å². The van der Waals surface area contributed by atoms with E-state index in [4.69, 9.17) is 0 Å². The predicted molar refractivity (Wildman–Crippen MR) is 116 cm³/mol. The first-order valence-corrected chi connectivity index (χ1v) is 11.1. The highest BCUT2D eigenvalue weighted by molar-refractivity contribution is 7.15. The normalized spacial score (nSPS) is 22.5. The fraction of sp³-hybridized carbons (Fsp3) is 0.348. The van der Waals surface area contributed by atoms with Crippen molar-refractivity contribution in [3.63, 3.8) is 0 Å². The second-order valence-electron chi connectivity index (χ2n) is 8.23. The van der Waals surface area contributed by atoms with E-state index in [0.717, 1.165) is 41.3 Å². The molecular weight excluding hydrogens is 399 g/mol. The summed E-state index contributed by atoms with van der Waals surface area (Å²) in [4.78, 5) is 25.4. The maximum Gasteiger partial charge on any atom is 0.274 e. The third-order valence-electron chi connectivity index (χ3n) is 6.21. The zero-order valence-electron chi connectivity index (χ0n) is 16.8. The average Bonchev–Trinajstić information content (AvgIpc) is 3.13. The Bertz CT molecular complexity index is 1080. The van der Waals surface area contributed by atoms with Crippen molar-refractivity contribution in [1.29, 1.82) is 0 Å². The topological polar surface area (TPSA) is 58.1 Å². The Balaban J connectivity index is 1.42. The fourth-order valence-electron chi connectivity index (χ4n) is 4.79. The zero-order chi connectivity index (χ0) is 20.7. The van der Waals surface area contributed by atoms with Crippen molar-refractivity contribution in [2.24, 2.45) is 5.92 Å². The molecule has 2 aliphatic heterocycles. The number of thiazole rings is 1. The second-order valence-corrected chi connectivity index (χ2v) is 9.44. The van der Waals surface area contributed by atoms with E-state index in [1.165, 1.54) is 18.3 Å². The maximum absolute atomic E-state index is 13.7. The van der Waals surface area contributed by atoms with Crippen LogP contribution < -0.4 is 5.32 Å². The molecule has 3 fully saturated rings. The largest absolute Gasteiger partial charge is 0.368 e. The van der Waals surface area contributed by atoms with Gasteiger partial charge in [0.1, 0.15) is 17.3 Å². The Labute approximate surface area is 179 Å². The molecule has 1 amide bonds. The van der Waals surface area contributed by atoms with Crippen molar-refractivity contribution in [3.05, 3.63) is 65.2 Å². The molecule has 7 heteroatoms. The number of amides is 1. The number of carbonyl (C=O) groups is 1. The lowest BCUT2D eigenvalue weighted by Crippen LogP contribution is -2.67. The number of nitrogens with zero attached hydrogens (tertiary/aromatic N) is 3. The number of piperidine rings is 2. The van der Waals surface area contributed by atoms with E-state index < -0.39 is 0 Å². The number of hydrogen-bond donors (Lipinski definition) is 1. The highest BCUT2D eigenvalue weighted by atomic mass is 32.1. The van der Waals surface area contributed by atoms with Gasteiger partial charge < -0.3 is 10.2 Å². The highest BCUT2D eigenvalue weighted by Crippen LogP contribution is 2.49. The Morgan fingerprint density at radius 1 is 1.30 bits per heavy atom. The Kier molecular flexibility index (Phi) is 4.77. The molecule has 30 heavy (non-hydrogen) atoms. The van der Waals surface area contributed by atoms with Crippen LogP contribution in [0.2, 0.25) is 0 Å². The van der Waals surface area contributed by atoms with Gasteiger partial charge in [-0.1, -0.05) is 30.3 Å². The number of hydrogen-bond acceptors (Lipinski definition) is 5. The van der Waals surface area contributed by atoms with E-state index in [2.05, 4.69) is 15.3 Å². The number of carbonyl (C=O) groups excluding carboxylic acids is 1. The molecule has 4 heterocycles. The summed E-state index contributed by atoms with van der Waals surface area (Å²) in [7, 11) is 0. The van der Waals surface area contributed by atoms with Crippen LogP contribution in [0.1, 0.15) is 34.8 Å². The summed E-state index contributed by atoms with van der Waals surface area (Å²) in [6.45, 7) is 3.23. The number of aryl methyl sites for hydroxylation is 1. The lowest BCUT2D eigenvalue weighted by atomic mass is 9.62. The predicted octanol–water partition coefficient (Wildman–Crippen LogP) is 4.76. The van der Waals surface area contributed by atoms with Crippen molar-refractivity contribution >= 4 is 23.1 Å². The monoisotopic (exact) mass is 422 g/mol. The van der Waals surface area contributed by atoms with Crippen molar-refractivity contribution < 1.29 is 9.18 Å². The summed E-state index contributed by atoms with van der Waals surface area (Å²) in [6.07, 6.45) is 4.40. The van der Waals surface area contributed by atoms with Crippen LogP contribution >= 0.6 is 11.3 Å². The molecule has 1 aromatic carbocycles. The van der Waals surface area contributed by atoms with Gasteiger partial charge in [-0.3, -0.25) is 4.79 Å². The third kappa shape index (κ3) is 3.37. The van der Waals surface area contributed by atoms with E-state index in [0.29, 0.717) is 24.0 Å². The number of fused-ring (bicyclic) bond motifs is 2. The van der Waals surface area contributed by atoms with Gasteiger partial charge in [0.2, 0.25) is 0 Å². The molecule has 0 atom stereocenters. The molecule has 6 rings (SSSR count). The van der Waals surface area contributed by atoms with Crippen molar-refractivity contribution in [2.45, 2.75) is 31.7 Å². The average molecular weight is 423 g/mol. The SMILES string of the molecule is Cc1nc(C(=O)N2CCC3CC2(CNc2cc(F)ccn2)C3)c(-c2ccccc2)s1. The van der Waals surface area contributed by atoms with Gasteiger partial charge in [-0.25, -0.2) is 14.4 Å². The van der Waals surface area contributed by atoms with Gasteiger partial charge in [0, 0.05) is 25.4 Å². The number of nitrogens with one attached hydrogen (secondary N) is 1. The minimum Gasteiger partial charge on any atom is -0.368 e. The molecule has 5 nitrogen and oxygen atoms in total. The quantitative estimate of drug-likeness (QED) is 0.644. The number of pyridine rings is 1. The molecule has 2 bridgehead atoms. The Morgan fingerprint density at radius 2 is 2.10 bits per heavy atom. The van der Waals surface area contributed by atoms with E-state index >= 15 is 0 Å². The minimum absolute atomic E-state index is 0.00893. The minimum atomic E-state index is -0.321. The lowest BCUT2D eigenvalue weighted by Gasteiger charge is -2.59. The number of rotatable bonds is 5. The first-order chi connectivity index (χ1) is 14.5. The number of benzene rings is 1. The summed E-state index contributed by atoms with van der Waals surface area (Å²) >= 11 is 1.56. The summed E-state index contributed by atoms with van der Waals surface area (Å²) < 4.78 is 13.5. The van der Waals surface area contributed by atoms with Gasteiger partial charge in [-0.05, 0) is 43.7 Å². The molecule has 1 N–H and O–H groups in total. The van der Waals surface area contributed by atoms with Crippen molar-refractivity contribution in [1.82, 2.24) is 14.9 Å². The summed E-state index contributed by atoms with van der Waals surface area (Å²) in [5, 5.41) is 4.14. The Hall–Kier alpha value is -2.80. The van der Waals surface area contributed by atoms with Crippen LogP contribution in [0.5, 0.6) is 0 Å². The molecule has 1 saturated carbocycles. The van der Waals surface area contributed by atoms with Crippen LogP contribution in [0.3, 0.4) is 0 Å². The standard InChI is InChI=1S/C23H23FN4OS/c1-15-27-20(21(30-15)17-5-3-2-4-6-17)22(29)28-10-8-16-12-23(28,13-16)14-26-19-11-18(24)7-9-25-19/h2-7,9,11,16H,8,10,12-14H2,1H3,(H,25,26). The number of aromatic nitrogens is 2. The number of halogens is 1. The van der Waals surface area contributed by atoms with E-state index in [1.807, 2.05) is 42.2 Å². The van der Waals surface area contributed by atoms with Crippen LogP contribution in [-0.4, -0.2) is 39.4 Å². The van der Waals surface area contributed by atoms with E-state index in [1.54, 1.807) is 11.3 Å². The van der Waals surface area contributed by atoms with Gasteiger partial charge >= 0.3 is 0 Å². The highest BCUT2D eigenvalue weighted by Gasteiger charge is 2.54. The van der Waals surface area contributed by atoms with Crippen molar-refractivity contribution in [3.8, 4) is 10.4 Å². The first-order valence-electron chi connectivity index (χ1n) is 10.2. The van der Waals surface area contributed by atoms with Gasteiger partial charge in [-0.2, -0.15) is 0 Å². The zero-order valence-corrected chi connectivity index (χ0v) is 17.6. The molecular formula is C23H23FN4OS. The fourth-order valence-corrected chi connectivity index (χ4v) is 5.70. The maximum atomic E-state index is 13.7. The molecule has 0 unspecified atom stereocenters. The summed E-state index contributed by atoms with van der Waals surface area (Å²) in [5.74, 6) is 0.825. The summed E-state index contributed by atoms with van der Waals surface area (Å²) in [5.41, 5.74) is 1.29. The van der Waals surface area contributed by atoms with E-state index in [-0.39, 0.29) is 17.3 Å². The van der Waals surface area contributed by atoms with Crippen LogP contribution in [0.15, 0.2) is 48.7 Å². The smallest absolute Gasteiger partial charge is 0.274 e. The third-order valence-corrected chi connectivity index (χ3v) is 7.23. The van der Waals surface area contributed by atoms with Gasteiger partial charge in [-0.15, -0.1) is 11.3 Å². The van der Waals surface area contributed by atoms with Gasteiger partial charge in [0.15, 0.2) is 0 Å². The molecule has 2 saturated heterocycles. The molecule has 0 radical (unpaired) electrons. The first kappa shape index (κ1) is 19.2. The molecule has 154 valence electrons.